The molecule has 0 amide bonds. The summed E-state index contributed by atoms with van der Waals surface area (Å²) in [7, 11) is 3.43. The van der Waals surface area contributed by atoms with Crippen LogP contribution in [0.3, 0.4) is 0 Å². The second-order valence-corrected chi connectivity index (χ2v) is 4.62. The average molecular weight is 264 g/mol. The smallest absolute Gasteiger partial charge is 0.332 e. The first-order valence-electron chi connectivity index (χ1n) is 6.68. The molecule has 1 aromatic rings. The van der Waals surface area contributed by atoms with Crippen molar-refractivity contribution < 1.29 is 9.53 Å². The second-order valence-electron chi connectivity index (χ2n) is 4.62. The van der Waals surface area contributed by atoms with Gasteiger partial charge >= 0.3 is 5.97 Å². The van der Waals surface area contributed by atoms with Crippen molar-refractivity contribution in [1.29, 1.82) is 0 Å². The third-order valence-corrected chi connectivity index (χ3v) is 3.33. The van der Waals surface area contributed by atoms with Crippen molar-refractivity contribution in [3.63, 3.8) is 0 Å². The number of benzene rings is 1. The van der Waals surface area contributed by atoms with Crippen LogP contribution in [-0.4, -0.2) is 44.7 Å². The Bertz CT molecular complexity index is 394. The van der Waals surface area contributed by atoms with Crippen LogP contribution in [0, 0.1) is 0 Å². The Morgan fingerprint density at radius 2 is 1.95 bits per heavy atom. The van der Waals surface area contributed by atoms with E-state index in [4.69, 9.17) is 4.74 Å². The van der Waals surface area contributed by atoms with Gasteiger partial charge in [-0.15, -0.1) is 0 Å². The first-order valence-corrected chi connectivity index (χ1v) is 6.68. The van der Waals surface area contributed by atoms with E-state index in [-0.39, 0.29) is 5.97 Å². The molecule has 1 unspecified atom stereocenters. The zero-order chi connectivity index (χ0) is 14.3. The lowest BCUT2D eigenvalue weighted by Gasteiger charge is -2.35. The zero-order valence-corrected chi connectivity index (χ0v) is 12.3. The summed E-state index contributed by atoms with van der Waals surface area (Å²) in [5.74, 6) is -0.249. The van der Waals surface area contributed by atoms with Crippen LogP contribution in [0.15, 0.2) is 30.3 Å². The number of nitrogens with one attached hydrogen (secondary N) is 1. The van der Waals surface area contributed by atoms with Crippen LogP contribution >= 0.6 is 0 Å². The fourth-order valence-corrected chi connectivity index (χ4v) is 2.22. The molecule has 0 saturated heterocycles. The molecule has 4 heteroatoms. The molecule has 4 nitrogen and oxygen atoms in total. The van der Waals surface area contributed by atoms with Gasteiger partial charge in [-0.1, -0.05) is 44.2 Å². The van der Waals surface area contributed by atoms with Gasteiger partial charge in [-0.25, -0.2) is 4.79 Å². The number of methoxy groups -OCH3 is 1. The first-order chi connectivity index (χ1) is 9.10. The lowest BCUT2D eigenvalue weighted by Crippen LogP contribution is -2.56. The Labute approximate surface area is 115 Å². The maximum absolute atomic E-state index is 12.4. The van der Waals surface area contributed by atoms with Gasteiger partial charge in [0.25, 0.3) is 0 Å². The van der Waals surface area contributed by atoms with E-state index >= 15 is 0 Å². The van der Waals surface area contributed by atoms with E-state index in [1.165, 1.54) is 7.11 Å². The number of carbonyl (C=O) groups excluding carboxylic acids is 1. The summed E-state index contributed by atoms with van der Waals surface area (Å²) in [6, 6.07) is 9.75. The Morgan fingerprint density at radius 1 is 1.32 bits per heavy atom. The highest BCUT2D eigenvalue weighted by atomic mass is 16.5. The molecule has 1 rings (SSSR count). The van der Waals surface area contributed by atoms with Crippen LogP contribution in [0.1, 0.15) is 19.4 Å². The quantitative estimate of drug-likeness (QED) is 0.760. The number of hydrogen-bond acceptors (Lipinski definition) is 4. The molecule has 106 valence electrons. The fraction of sp³-hybridized carbons (Fsp3) is 0.533. The molecule has 0 fully saturated rings. The molecule has 19 heavy (non-hydrogen) atoms. The van der Waals surface area contributed by atoms with Crippen LogP contribution in [0.4, 0.5) is 0 Å². The lowest BCUT2D eigenvalue weighted by atomic mass is 9.89. The minimum absolute atomic E-state index is 0.249. The molecular weight excluding hydrogens is 240 g/mol. The lowest BCUT2D eigenvalue weighted by molar-refractivity contribution is -0.150. The standard InChI is InChI=1S/C15H24N2O2/c1-5-16-15(14(18)19-4,12-17(3)6-2)13-10-8-7-9-11-13/h7-11,16H,5-6,12H2,1-4H3. The minimum atomic E-state index is -0.810. The number of nitrogens with zero attached hydrogens (tertiary/aromatic N) is 1. The molecule has 0 aliphatic rings. The van der Waals surface area contributed by atoms with Gasteiger partial charge in [0.2, 0.25) is 0 Å². The highest BCUT2D eigenvalue weighted by Gasteiger charge is 2.41. The van der Waals surface area contributed by atoms with Crippen molar-refractivity contribution in [2.75, 3.05) is 33.8 Å². The molecule has 0 bridgehead atoms. The Morgan fingerprint density at radius 3 is 2.42 bits per heavy atom. The van der Waals surface area contributed by atoms with E-state index in [9.17, 15) is 4.79 Å². The Balaban J connectivity index is 3.22. The van der Waals surface area contributed by atoms with Crippen LogP contribution < -0.4 is 5.32 Å². The van der Waals surface area contributed by atoms with E-state index in [2.05, 4.69) is 17.1 Å². The van der Waals surface area contributed by atoms with Gasteiger partial charge in [-0.2, -0.15) is 0 Å². The summed E-state index contributed by atoms with van der Waals surface area (Å²) in [5.41, 5.74) is 0.124. The van der Waals surface area contributed by atoms with Gasteiger partial charge in [0.05, 0.1) is 7.11 Å². The van der Waals surface area contributed by atoms with Gasteiger partial charge in [0, 0.05) is 6.54 Å². The number of carbonyl (C=O) groups is 1. The van der Waals surface area contributed by atoms with E-state index in [1.54, 1.807) is 0 Å². The summed E-state index contributed by atoms with van der Waals surface area (Å²) < 4.78 is 5.04. The number of hydrogen-bond donors (Lipinski definition) is 1. The van der Waals surface area contributed by atoms with Gasteiger partial charge in [0.15, 0.2) is 5.54 Å². The van der Waals surface area contributed by atoms with E-state index < -0.39 is 5.54 Å². The number of esters is 1. The molecule has 0 aliphatic carbocycles. The van der Waals surface area contributed by atoms with Gasteiger partial charge in [0.1, 0.15) is 0 Å². The number of likely N-dealkylation sites (N-methyl/N-ethyl adjacent to an activating group) is 2. The van der Waals surface area contributed by atoms with Gasteiger partial charge in [-0.05, 0) is 25.7 Å². The molecule has 0 aromatic heterocycles. The topological polar surface area (TPSA) is 41.6 Å². The molecular formula is C15H24N2O2. The summed E-state index contributed by atoms with van der Waals surface area (Å²) in [5, 5.41) is 3.31. The maximum atomic E-state index is 12.4. The van der Waals surface area contributed by atoms with Crippen molar-refractivity contribution in [1.82, 2.24) is 10.2 Å². The SMILES string of the molecule is CCNC(CN(C)CC)(C(=O)OC)c1ccccc1. The Kier molecular flexibility index (Phi) is 5.99. The minimum Gasteiger partial charge on any atom is -0.467 e. The van der Waals surface area contributed by atoms with Gasteiger partial charge in [-0.3, -0.25) is 5.32 Å². The second kappa shape index (κ2) is 7.26. The predicted octanol–water partition coefficient (Wildman–Crippen LogP) is 1.62. The molecule has 0 heterocycles. The summed E-state index contributed by atoms with van der Waals surface area (Å²) in [6.45, 7) is 6.21. The van der Waals surface area contributed by atoms with Crippen LogP contribution in [0.25, 0.3) is 0 Å². The fourth-order valence-electron chi connectivity index (χ4n) is 2.22. The van der Waals surface area contributed by atoms with Crippen LogP contribution in [-0.2, 0) is 15.1 Å². The van der Waals surface area contributed by atoms with Crippen molar-refractivity contribution in [3.8, 4) is 0 Å². The Hall–Kier alpha value is -1.39. The van der Waals surface area contributed by atoms with E-state index in [1.807, 2.05) is 44.3 Å². The normalized spacial score (nSPS) is 14.2. The molecule has 1 aromatic carbocycles. The van der Waals surface area contributed by atoms with E-state index in [0.717, 1.165) is 12.1 Å². The maximum Gasteiger partial charge on any atom is 0.332 e. The molecule has 0 radical (unpaired) electrons. The highest BCUT2D eigenvalue weighted by molar-refractivity contribution is 5.83. The van der Waals surface area contributed by atoms with Crippen molar-refractivity contribution in [2.24, 2.45) is 0 Å². The molecule has 0 aliphatic heterocycles. The van der Waals surface area contributed by atoms with Crippen molar-refractivity contribution in [2.45, 2.75) is 19.4 Å². The van der Waals surface area contributed by atoms with Gasteiger partial charge < -0.3 is 9.64 Å². The van der Waals surface area contributed by atoms with Crippen LogP contribution in [0.2, 0.25) is 0 Å². The third kappa shape index (κ3) is 3.55. The molecule has 1 N–H and O–H groups in total. The molecule has 0 saturated carbocycles. The highest BCUT2D eigenvalue weighted by Crippen LogP contribution is 2.24. The summed E-state index contributed by atoms with van der Waals surface area (Å²) in [6.07, 6.45) is 0. The molecule has 0 spiro atoms. The monoisotopic (exact) mass is 264 g/mol. The summed E-state index contributed by atoms with van der Waals surface area (Å²) >= 11 is 0. The predicted molar refractivity (Wildman–Crippen MR) is 77.0 cm³/mol. The third-order valence-electron chi connectivity index (χ3n) is 3.33. The van der Waals surface area contributed by atoms with Crippen LogP contribution in [0.5, 0.6) is 0 Å². The number of rotatable bonds is 7. The van der Waals surface area contributed by atoms with E-state index in [0.29, 0.717) is 13.1 Å². The number of ether oxygens (including phenoxy) is 1. The zero-order valence-electron chi connectivity index (χ0n) is 12.3. The summed E-state index contributed by atoms with van der Waals surface area (Å²) in [4.78, 5) is 14.5. The largest absolute Gasteiger partial charge is 0.467 e. The van der Waals surface area contributed by atoms with Crippen molar-refractivity contribution >= 4 is 5.97 Å². The molecule has 1 atom stereocenters. The first kappa shape index (κ1) is 15.7. The average Bonchev–Trinajstić information content (AvgIpc) is 2.46. The van der Waals surface area contributed by atoms with Crippen molar-refractivity contribution in [3.05, 3.63) is 35.9 Å².